The topological polar surface area (TPSA) is 42.7 Å². The highest BCUT2D eigenvalue weighted by Crippen LogP contribution is 2.31. The summed E-state index contributed by atoms with van der Waals surface area (Å²) in [7, 11) is 2.11. The third kappa shape index (κ3) is 3.19. The van der Waals surface area contributed by atoms with Gasteiger partial charge in [0.15, 0.2) is 5.16 Å². The van der Waals surface area contributed by atoms with Gasteiger partial charge in [-0.1, -0.05) is 24.6 Å². The van der Waals surface area contributed by atoms with E-state index in [1.54, 1.807) is 0 Å². The van der Waals surface area contributed by atoms with Gasteiger partial charge in [0.1, 0.15) is 5.82 Å². The second-order valence-electron chi connectivity index (χ2n) is 6.08. The molecule has 20 heavy (non-hydrogen) atoms. The molecule has 3 rings (SSSR count). The van der Waals surface area contributed by atoms with Gasteiger partial charge in [-0.3, -0.25) is 0 Å². The third-order valence-electron chi connectivity index (χ3n) is 4.83. The van der Waals surface area contributed by atoms with Gasteiger partial charge in [-0.15, -0.1) is 10.2 Å². The highest BCUT2D eigenvalue weighted by molar-refractivity contribution is 7.99. The van der Waals surface area contributed by atoms with Crippen LogP contribution in [0.15, 0.2) is 5.16 Å². The zero-order valence-corrected chi connectivity index (χ0v) is 13.3. The third-order valence-corrected chi connectivity index (χ3v) is 5.83. The molecular weight excluding hydrogens is 268 g/mol. The van der Waals surface area contributed by atoms with E-state index in [4.69, 9.17) is 0 Å². The van der Waals surface area contributed by atoms with Crippen LogP contribution in [0.5, 0.6) is 0 Å². The number of hydrogen-bond donors (Lipinski definition) is 1. The zero-order valence-electron chi connectivity index (χ0n) is 12.5. The Kier molecular flexibility index (Phi) is 4.99. The van der Waals surface area contributed by atoms with Gasteiger partial charge in [0.05, 0.1) is 0 Å². The van der Waals surface area contributed by atoms with Gasteiger partial charge in [-0.05, 0) is 45.1 Å². The van der Waals surface area contributed by atoms with Crippen LogP contribution in [0, 0.1) is 5.92 Å². The monoisotopic (exact) mass is 294 g/mol. The standard InChI is InChI=1S/C15H26N4S/c1-16-13-7-5-6-12(13)9-11-20-15-18-17-14-8-3-2-4-10-19(14)15/h12-13,16H,2-11H2,1H3. The van der Waals surface area contributed by atoms with Crippen LogP contribution in [-0.4, -0.2) is 33.6 Å². The predicted octanol–water partition coefficient (Wildman–Crippen LogP) is 2.87. The van der Waals surface area contributed by atoms with E-state index in [1.165, 1.54) is 56.5 Å². The van der Waals surface area contributed by atoms with Crippen molar-refractivity contribution < 1.29 is 0 Å². The number of hydrogen-bond acceptors (Lipinski definition) is 4. The Morgan fingerprint density at radius 3 is 3.05 bits per heavy atom. The molecule has 2 unspecified atom stereocenters. The van der Waals surface area contributed by atoms with Crippen LogP contribution >= 0.6 is 11.8 Å². The summed E-state index contributed by atoms with van der Waals surface area (Å²) in [6, 6.07) is 0.742. The molecule has 1 aliphatic heterocycles. The Morgan fingerprint density at radius 1 is 1.20 bits per heavy atom. The molecule has 1 fully saturated rings. The van der Waals surface area contributed by atoms with E-state index >= 15 is 0 Å². The van der Waals surface area contributed by atoms with Gasteiger partial charge in [0.2, 0.25) is 0 Å². The van der Waals surface area contributed by atoms with Crippen molar-refractivity contribution in [3.63, 3.8) is 0 Å². The summed E-state index contributed by atoms with van der Waals surface area (Å²) in [5.74, 6) is 3.25. The minimum absolute atomic E-state index is 0.742. The Bertz CT molecular complexity index is 432. The fourth-order valence-corrected chi connectivity index (χ4v) is 4.68. The predicted molar refractivity (Wildman–Crippen MR) is 83.1 cm³/mol. The summed E-state index contributed by atoms with van der Waals surface area (Å²) < 4.78 is 2.36. The fourth-order valence-electron chi connectivity index (χ4n) is 3.63. The molecule has 1 N–H and O–H groups in total. The van der Waals surface area contributed by atoms with Crippen LogP contribution in [0.25, 0.3) is 0 Å². The molecule has 1 aromatic heterocycles. The van der Waals surface area contributed by atoms with Gasteiger partial charge in [-0.25, -0.2) is 0 Å². The highest BCUT2D eigenvalue weighted by Gasteiger charge is 2.25. The molecule has 0 spiro atoms. The average molecular weight is 294 g/mol. The Balaban J connectivity index is 1.52. The Labute approximate surface area is 126 Å². The summed E-state index contributed by atoms with van der Waals surface area (Å²) in [5.41, 5.74) is 0. The second kappa shape index (κ2) is 6.94. The molecule has 4 nitrogen and oxygen atoms in total. The van der Waals surface area contributed by atoms with Crippen LogP contribution in [0.4, 0.5) is 0 Å². The first kappa shape index (κ1) is 14.4. The first-order valence-electron chi connectivity index (χ1n) is 8.10. The van der Waals surface area contributed by atoms with Gasteiger partial charge in [0, 0.05) is 24.8 Å². The van der Waals surface area contributed by atoms with Crippen LogP contribution in [0.1, 0.15) is 50.8 Å². The average Bonchev–Trinajstić information content (AvgIpc) is 3.00. The molecule has 0 bridgehead atoms. The van der Waals surface area contributed by atoms with Crippen molar-refractivity contribution >= 4 is 11.8 Å². The van der Waals surface area contributed by atoms with E-state index in [2.05, 4.69) is 27.1 Å². The molecule has 0 amide bonds. The highest BCUT2D eigenvalue weighted by atomic mass is 32.2. The van der Waals surface area contributed by atoms with E-state index in [0.29, 0.717) is 0 Å². The van der Waals surface area contributed by atoms with Crippen LogP contribution in [0.3, 0.4) is 0 Å². The van der Waals surface area contributed by atoms with E-state index in [0.717, 1.165) is 30.1 Å². The maximum atomic E-state index is 4.40. The number of nitrogens with one attached hydrogen (secondary N) is 1. The van der Waals surface area contributed by atoms with E-state index < -0.39 is 0 Å². The normalized spacial score (nSPS) is 26.4. The Morgan fingerprint density at radius 2 is 2.15 bits per heavy atom. The summed E-state index contributed by atoms with van der Waals surface area (Å²) in [4.78, 5) is 0. The number of thioether (sulfide) groups is 1. The quantitative estimate of drug-likeness (QED) is 0.848. The zero-order chi connectivity index (χ0) is 13.8. The van der Waals surface area contributed by atoms with Crippen molar-refractivity contribution in [2.45, 2.75) is 69.1 Å². The van der Waals surface area contributed by atoms with Gasteiger partial charge in [-0.2, -0.15) is 0 Å². The molecule has 2 aliphatic rings. The number of aromatic nitrogens is 3. The minimum atomic E-state index is 0.742. The van der Waals surface area contributed by atoms with Crippen LogP contribution in [-0.2, 0) is 13.0 Å². The van der Waals surface area contributed by atoms with Crippen molar-refractivity contribution in [3.05, 3.63) is 5.82 Å². The molecule has 5 heteroatoms. The lowest BCUT2D eigenvalue weighted by atomic mass is 10.0. The first-order chi connectivity index (χ1) is 9.88. The smallest absolute Gasteiger partial charge is 0.191 e. The molecule has 1 aromatic rings. The molecule has 0 saturated heterocycles. The van der Waals surface area contributed by atoms with Crippen molar-refractivity contribution in [2.24, 2.45) is 5.92 Å². The molecule has 0 aromatic carbocycles. The summed E-state index contributed by atoms with van der Waals surface area (Å²) in [6.07, 6.45) is 10.4. The van der Waals surface area contributed by atoms with Gasteiger partial charge < -0.3 is 9.88 Å². The van der Waals surface area contributed by atoms with Gasteiger partial charge >= 0.3 is 0 Å². The van der Waals surface area contributed by atoms with Crippen LogP contribution in [0.2, 0.25) is 0 Å². The largest absolute Gasteiger partial charge is 0.317 e. The number of aryl methyl sites for hydroxylation is 1. The minimum Gasteiger partial charge on any atom is -0.317 e. The first-order valence-corrected chi connectivity index (χ1v) is 9.09. The lowest BCUT2D eigenvalue weighted by Gasteiger charge is -2.18. The summed E-state index contributed by atoms with van der Waals surface area (Å²) in [5, 5.41) is 13.4. The SMILES string of the molecule is CNC1CCCC1CCSc1nnc2n1CCCCC2. The van der Waals surface area contributed by atoms with Crippen LogP contribution < -0.4 is 5.32 Å². The molecular formula is C15H26N4S. The molecule has 2 atom stereocenters. The van der Waals surface area contributed by atoms with Gasteiger partial charge in [0.25, 0.3) is 0 Å². The maximum absolute atomic E-state index is 4.40. The number of fused-ring (bicyclic) bond motifs is 1. The van der Waals surface area contributed by atoms with Crippen molar-refractivity contribution in [3.8, 4) is 0 Å². The Hall–Kier alpha value is -0.550. The van der Waals surface area contributed by atoms with E-state index in [-0.39, 0.29) is 0 Å². The number of rotatable bonds is 5. The molecule has 1 saturated carbocycles. The second-order valence-corrected chi connectivity index (χ2v) is 7.15. The molecule has 1 aliphatic carbocycles. The fraction of sp³-hybridized carbons (Fsp3) is 0.867. The van der Waals surface area contributed by atoms with Crippen molar-refractivity contribution in [1.82, 2.24) is 20.1 Å². The maximum Gasteiger partial charge on any atom is 0.191 e. The van der Waals surface area contributed by atoms with E-state index in [1.807, 2.05) is 11.8 Å². The molecule has 0 radical (unpaired) electrons. The number of nitrogens with zero attached hydrogens (tertiary/aromatic N) is 3. The lowest BCUT2D eigenvalue weighted by molar-refractivity contribution is 0.417. The summed E-state index contributed by atoms with van der Waals surface area (Å²) in [6.45, 7) is 1.12. The lowest BCUT2D eigenvalue weighted by Crippen LogP contribution is -2.29. The van der Waals surface area contributed by atoms with Crippen molar-refractivity contribution in [2.75, 3.05) is 12.8 Å². The van der Waals surface area contributed by atoms with Crippen molar-refractivity contribution in [1.29, 1.82) is 0 Å². The molecule has 2 heterocycles. The molecule has 112 valence electrons. The summed E-state index contributed by atoms with van der Waals surface area (Å²) >= 11 is 1.91. The van der Waals surface area contributed by atoms with E-state index in [9.17, 15) is 0 Å².